The lowest BCUT2D eigenvalue weighted by Crippen LogP contribution is -2.29. The summed E-state index contributed by atoms with van der Waals surface area (Å²) >= 11 is 0. The molecule has 0 heterocycles. The van der Waals surface area contributed by atoms with E-state index in [0.29, 0.717) is 13.2 Å². The molecule has 0 aliphatic carbocycles. The van der Waals surface area contributed by atoms with Gasteiger partial charge >= 0.3 is 0 Å². The molecule has 0 saturated carbocycles. The molecular weight excluding hydrogens is 242 g/mol. The Morgan fingerprint density at radius 2 is 1.79 bits per heavy atom. The van der Waals surface area contributed by atoms with Gasteiger partial charge in [-0.15, -0.1) is 0 Å². The van der Waals surface area contributed by atoms with E-state index in [9.17, 15) is 4.79 Å². The smallest absolute Gasteiger partial charge is 0.245 e. The Kier molecular flexibility index (Phi) is 13.4. The Morgan fingerprint density at radius 1 is 1.05 bits per heavy atom. The summed E-state index contributed by atoms with van der Waals surface area (Å²) in [4.78, 5) is 11.3. The number of ether oxygens (including phenoxy) is 2. The van der Waals surface area contributed by atoms with Crippen molar-refractivity contribution in [1.82, 2.24) is 5.32 Å². The van der Waals surface area contributed by atoms with Crippen LogP contribution in [0.2, 0.25) is 0 Å². The molecule has 19 heavy (non-hydrogen) atoms. The minimum atomic E-state index is -0.0316. The first-order chi connectivity index (χ1) is 9.16. The summed E-state index contributed by atoms with van der Waals surface area (Å²) in [5.41, 5.74) is 0. The van der Waals surface area contributed by atoms with Crippen LogP contribution in [-0.4, -0.2) is 38.9 Å². The maximum absolute atomic E-state index is 11.3. The molecule has 0 atom stereocenters. The second-order valence-corrected chi connectivity index (χ2v) is 5.26. The van der Waals surface area contributed by atoms with Crippen molar-refractivity contribution in [3.05, 3.63) is 0 Å². The van der Waals surface area contributed by atoms with Gasteiger partial charge in [-0.25, -0.2) is 0 Å². The Morgan fingerprint density at radius 3 is 2.47 bits per heavy atom. The van der Waals surface area contributed by atoms with Gasteiger partial charge in [0.2, 0.25) is 5.91 Å². The largest absolute Gasteiger partial charge is 0.379 e. The normalized spacial score (nSPS) is 10.9. The topological polar surface area (TPSA) is 47.6 Å². The van der Waals surface area contributed by atoms with E-state index >= 15 is 0 Å². The van der Waals surface area contributed by atoms with Gasteiger partial charge in [-0.2, -0.15) is 0 Å². The molecule has 0 aromatic heterocycles. The molecule has 4 nitrogen and oxygen atoms in total. The quantitative estimate of drug-likeness (QED) is 0.525. The maximum Gasteiger partial charge on any atom is 0.245 e. The highest BCUT2D eigenvalue weighted by molar-refractivity contribution is 5.77. The third-order valence-electron chi connectivity index (χ3n) is 2.78. The van der Waals surface area contributed by atoms with Crippen molar-refractivity contribution in [2.45, 2.75) is 52.9 Å². The van der Waals surface area contributed by atoms with Gasteiger partial charge in [-0.05, 0) is 25.2 Å². The van der Waals surface area contributed by atoms with E-state index in [1.54, 1.807) is 0 Å². The van der Waals surface area contributed by atoms with Crippen molar-refractivity contribution in [2.75, 3.05) is 33.0 Å². The molecule has 0 unspecified atom stereocenters. The number of amides is 1. The molecule has 1 N–H and O–H groups in total. The highest BCUT2D eigenvalue weighted by atomic mass is 16.5. The highest BCUT2D eigenvalue weighted by Gasteiger charge is 2.00. The van der Waals surface area contributed by atoms with E-state index in [-0.39, 0.29) is 12.5 Å². The molecule has 0 aliphatic rings. The lowest BCUT2D eigenvalue weighted by molar-refractivity contribution is -0.126. The predicted octanol–water partition coefficient (Wildman–Crippen LogP) is 2.76. The highest BCUT2D eigenvalue weighted by Crippen LogP contribution is 2.02. The zero-order chi connectivity index (χ0) is 14.3. The number of carbonyl (C=O) groups excluding carboxylic acids is 1. The molecule has 0 aromatic rings. The SMILES string of the molecule is CCCCCNC(=O)COCCOCCCC(C)C. The average molecular weight is 273 g/mol. The van der Waals surface area contributed by atoms with Crippen LogP contribution >= 0.6 is 0 Å². The average Bonchev–Trinajstić information content (AvgIpc) is 2.37. The lowest BCUT2D eigenvalue weighted by Gasteiger charge is -2.07. The van der Waals surface area contributed by atoms with Crippen LogP contribution in [0.15, 0.2) is 0 Å². The maximum atomic E-state index is 11.3. The van der Waals surface area contributed by atoms with Crippen molar-refractivity contribution < 1.29 is 14.3 Å². The van der Waals surface area contributed by atoms with E-state index in [1.807, 2.05) is 0 Å². The first-order valence-corrected chi connectivity index (χ1v) is 7.59. The van der Waals surface area contributed by atoms with Crippen LogP contribution in [-0.2, 0) is 14.3 Å². The lowest BCUT2D eigenvalue weighted by atomic mass is 10.1. The van der Waals surface area contributed by atoms with Crippen LogP contribution in [0.3, 0.4) is 0 Å². The van der Waals surface area contributed by atoms with Crippen LogP contribution in [0.25, 0.3) is 0 Å². The van der Waals surface area contributed by atoms with E-state index in [1.165, 1.54) is 12.8 Å². The molecule has 1 amide bonds. The molecule has 0 rings (SSSR count). The zero-order valence-corrected chi connectivity index (χ0v) is 12.9. The third kappa shape index (κ3) is 15.3. The third-order valence-corrected chi connectivity index (χ3v) is 2.78. The first kappa shape index (κ1) is 18.4. The number of unbranched alkanes of at least 4 members (excludes halogenated alkanes) is 2. The standard InChI is InChI=1S/C15H31NO3/c1-4-5-6-9-16-15(17)13-19-12-11-18-10-7-8-14(2)3/h14H,4-13H2,1-3H3,(H,16,17). The second-order valence-electron chi connectivity index (χ2n) is 5.26. The summed E-state index contributed by atoms with van der Waals surface area (Å²) in [7, 11) is 0. The molecule has 0 radical (unpaired) electrons. The fraction of sp³-hybridized carbons (Fsp3) is 0.933. The first-order valence-electron chi connectivity index (χ1n) is 7.59. The summed E-state index contributed by atoms with van der Waals surface area (Å²) in [5.74, 6) is 0.701. The monoisotopic (exact) mass is 273 g/mol. The predicted molar refractivity (Wildman–Crippen MR) is 78.2 cm³/mol. The number of hydrogen-bond donors (Lipinski definition) is 1. The molecule has 0 aliphatic heterocycles. The van der Waals surface area contributed by atoms with Gasteiger partial charge in [0.1, 0.15) is 6.61 Å². The van der Waals surface area contributed by atoms with Crippen LogP contribution in [0, 0.1) is 5.92 Å². The summed E-state index contributed by atoms with van der Waals surface area (Å²) in [5, 5.41) is 2.84. The van der Waals surface area contributed by atoms with E-state index in [0.717, 1.165) is 38.3 Å². The Hall–Kier alpha value is -0.610. The summed E-state index contributed by atoms with van der Waals surface area (Å²) in [6.07, 6.45) is 5.66. The molecule has 0 spiro atoms. The Labute approximate surface area is 118 Å². The Bertz CT molecular complexity index is 208. The molecule has 0 fully saturated rings. The minimum Gasteiger partial charge on any atom is -0.379 e. The molecule has 0 bridgehead atoms. The summed E-state index contributed by atoms with van der Waals surface area (Å²) < 4.78 is 10.7. The van der Waals surface area contributed by atoms with Gasteiger partial charge in [0.15, 0.2) is 0 Å². The van der Waals surface area contributed by atoms with Crippen molar-refractivity contribution in [1.29, 1.82) is 0 Å². The van der Waals surface area contributed by atoms with Gasteiger partial charge in [0.05, 0.1) is 13.2 Å². The summed E-state index contributed by atoms with van der Waals surface area (Å²) in [6, 6.07) is 0. The minimum absolute atomic E-state index is 0.0316. The van der Waals surface area contributed by atoms with Gasteiger partial charge < -0.3 is 14.8 Å². The van der Waals surface area contributed by atoms with Gasteiger partial charge in [-0.3, -0.25) is 4.79 Å². The van der Waals surface area contributed by atoms with Crippen LogP contribution in [0.4, 0.5) is 0 Å². The van der Waals surface area contributed by atoms with Gasteiger partial charge in [0.25, 0.3) is 0 Å². The van der Waals surface area contributed by atoms with Crippen molar-refractivity contribution in [3.8, 4) is 0 Å². The second kappa shape index (κ2) is 13.8. The number of rotatable bonds is 13. The van der Waals surface area contributed by atoms with Crippen LogP contribution in [0.5, 0.6) is 0 Å². The fourth-order valence-corrected chi connectivity index (χ4v) is 1.63. The number of nitrogens with one attached hydrogen (secondary N) is 1. The molecule has 0 aromatic carbocycles. The van der Waals surface area contributed by atoms with E-state index in [2.05, 4.69) is 26.1 Å². The zero-order valence-electron chi connectivity index (χ0n) is 12.9. The Balaban J connectivity index is 3.14. The number of hydrogen-bond acceptors (Lipinski definition) is 3. The molecule has 114 valence electrons. The van der Waals surface area contributed by atoms with Crippen LogP contribution in [0.1, 0.15) is 52.9 Å². The molecular formula is C15H31NO3. The van der Waals surface area contributed by atoms with Crippen molar-refractivity contribution >= 4 is 5.91 Å². The van der Waals surface area contributed by atoms with Crippen molar-refractivity contribution in [2.24, 2.45) is 5.92 Å². The van der Waals surface area contributed by atoms with Gasteiger partial charge in [0, 0.05) is 13.2 Å². The summed E-state index contributed by atoms with van der Waals surface area (Å²) in [6.45, 7) is 9.30. The van der Waals surface area contributed by atoms with E-state index < -0.39 is 0 Å². The molecule has 4 heteroatoms. The molecule has 0 saturated heterocycles. The van der Waals surface area contributed by atoms with Crippen LogP contribution < -0.4 is 5.32 Å². The van der Waals surface area contributed by atoms with Crippen molar-refractivity contribution in [3.63, 3.8) is 0 Å². The van der Waals surface area contributed by atoms with E-state index in [4.69, 9.17) is 9.47 Å². The van der Waals surface area contributed by atoms with Gasteiger partial charge in [-0.1, -0.05) is 33.6 Å². The fourth-order valence-electron chi connectivity index (χ4n) is 1.63. The number of carbonyl (C=O) groups is 1.